The van der Waals surface area contributed by atoms with Crippen molar-refractivity contribution in [3.05, 3.63) is 82.1 Å². The summed E-state index contributed by atoms with van der Waals surface area (Å²) in [6.45, 7) is 0. The molecule has 0 atom stereocenters. The predicted octanol–water partition coefficient (Wildman–Crippen LogP) is 5.07. The van der Waals surface area contributed by atoms with Gasteiger partial charge in [0.15, 0.2) is 0 Å². The summed E-state index contributed by atoms with van der Waals surface area (Å²) in [7, 11) is 0. The Balaban J connectivity index is 0. The molecule has 0 unspecified atom stereocenters. The normalized spacial score (nSPS) is 19.6. The summed E-state index contributed by atoms with van der Waals surface area (Å²) in [6.07, 6.45) is 28.9. The van der Waals surface area contributed by atoms with E-state index >= 15 is 0 Å². The van der Waals surface area contributed by atoms with Gasteiger partial charge in [-0.05, 0) is 64.2 Å². The van der Waals surface area contributed by atoms with Crippen LogP contribution in [0.15, 0.2) is 4.44 Å². The van der Waals surface area contributed by atoms with Gasteiger partial charge in [-0.15, -0.1) is 11.6 Å². The van der Waals surface area contributed by atoms with Gasteiger partial charge in [0, 0.05) is 0 Å². The van der Waals surface area contributed by atoms with Crippen molar-refractivity contribution in [2.75, 3.05) is 0 Å². The molecule has 0 spiro atoms. The minimum atomic E-state index is -0.446. The molecule has 0 aromatic rings. The van der Waals surface area contributed by atoms with Gasteiger partial charge in [-0.1, -0.05) is 19.3 Å². The molecule has 0 N–H and O–H groups in total. The minimum absolute atomic E-state index is 0. The summed E-state index contributed by atoms with van der Waals surface area (Å²) in [5, 5.41) is 0. The van der Waals surface area contributed by atoms with Gasteiger partial charge < -0.3 is 17.9 Å². The fourth-order valence-electron chi connectivity index (χ4n) is 1.91. The van der Waals surface area contributed by atoms with Crippen LogP contribution in [0, 0.1) is 77.7 Å². The van der Waals surface area contributed by atoms with Crippen molar-refractivity contribution in [1.82, 2.24) is 0 Å². The van der Waals surface area contributed by atoms with Gasteiger partial charge in [0.2, 0.25) is 0 Å². The fraction of sp³-hybridized carbons (Fsp3) is 0.316. The first-order chi connectivity index (χ1) is 9.30. The smallest absolute Gasteiger partial charge is 0.514 e. The van der Waals surface area contributed by atoms with E-state index < -0.39 is 14.1 Å². The van der Waals surface area contributed by atoms with Gasteiger partial charge >= 0.3 is 26.2 Å². The zero-order valence-corrected chi connectivity index (χ0v) is 17.3. The van der Waals surface area contributed by atoms with Gasteiger partial charge in [-0.25, -0.2) is 0 Å². The zero-order valence-electron chi connectivity index (χ0n) is 13.7. The molecule has 3 aliphatic carbocycles. The summed E-state index contributed by atoms with van der Waals surface area (Å²) in [5.41, 5.74) is 0. The monoisotopic (exact) mass is 372 g/mol. The molecule has 0 heterocycles. The second-order valence-corrected chi connectivity index (χ2v) is 7.99. The van der Waals surface area contributed by atoms with Crippen LogP contribution < -0.4 is 0 Å². The van der Waals surface area contributed by atoms with Crippen LogP contribution in [0.1, 0.15) is 25.7 Å². The van der Waals surface area contributed by atoms with E-state index in [-0.39, 0.29) is 33.6 Å². The first-order valence-corrected chi connectivity index (χ1v) is 10.1. The van der Waals surface area contributed by atoms with Crippen molar-refractivity contribution in [2.24, 2.45) is 0 Å². The molecule has 2 heteroatoms. The number of allylic oxidation sites excluding steroid dienone is 2. The first kappa shape index (κ1) is 24.4. The number of rotatable bonds is 1. The van der Waals surface area contributed by atoms with Gasteiger partial charge in [0.05, 0.1) is 0 Å². The summed E-state index contributed by atoms with van der Waals surface area (Å²) in [5.74, 6) is 4.79. The van der Waals surface area contributed by atoms with Crippen LogP contribution in [0.5, 0.6) is 0 Å². The Morgan fingerprint density at radius 2 is 1.14 bits per heavy atom. The molecule has 2 saturated carbocycles. The van der Waals surface area contributed by atoms with Crippen molar-refractivity contribution in [3.8, 4) is 0 Å². The molecule has 0 nitrogen and oxygen atoms in total. The second-order valence-electron chi connectivity index (χ2n) is 4.99. The molecule has 21 heavy (non-hydrogen) atoms. The van der Waals surface area contributed by atoms with Crippen LogP contribution >= 0.6 is 0 Å². The van der Waals surface area contributed by atoms with Crippen LogP contribution in [0.2, 0.25) is 11.6 Å². The maximum atomic E-state index is 3.50. The van der Waals surface area contributed by atoms with Crippen LogP contribution in [0.25, 0.3) is 0 Å². The fourth-order valence-corrected chi connectivity index (χ4v) is 3.25. The quantitative estimate of drug-likeness (QED) is 0.444. The van der Waals surface area contributed by atoms with E-state index in [2.05, 4.69) is 17.6 Å². The Labute approximate surface area is 159 Å². The van der Waals surface area contributed by atoms with Crippen LogP contribution in [0.4, 0.5) is 0 Å². The topological polar surface area (TPSA) is 0 Å². The van der Waals surface area contributed by atoms with Crippen LogP contribution in [0.3, 0.4) is 0 Å². The Bertz CT molecular complexity index is 203. The van der Waals surface area contributed by atoms with Gasteiger partial charge in [-0.3, -0.25) is 0 Å². The predicted molar refractivity (Wildman–Crippen MR) is 92.1 cm³/mol. The Morgan fingerprint density at radius 1 is 0.762 bits per heavy atom. The van der Waals surface area contributed by atoms with E-state index in [1.807, 2.05) is 64.2 Å². The maximum absolute atomic E-state index is 3.50. The van der Waals surface area contributed by atoms with E-state index in [1.165, 1.54) is 25.7 Å². The molecule has 0 saturated heterocycles. The average molecular weight is 374 g/mol. The molecule has 0 aromatic heterocycles. The van der Waals surface area contributed by atoms with Crippen LogP contribution in [-0.4, -0.2) is 14.1 Å². The van der Waals surface area contributed by atoms with E-state index in [0.29, 0.717) is 0 Å². The van der Waals surface area contributed by atoms with E-state index in [1.54, 1.807) is 4.44 Å². The summed E-state index contributed by atoms with van der Waals surface area (Å²) in [4.78, 5) is 0. The second kappa shape index (κ2) is 17.5. The summed E-state index contributed by atoms with van der Waals surface area (Å²) in [6, 6.07) is 0. The van der Waals surface area contributed by atoms with Gasteiger partial charge in [0.25, 0.3) is 14.1 Å². The van der Waals surface area contributed by atoms with Gasteiger partial charge in [-0.2, -0.15) is 6.42 Å². The van der Waals surface area contributed by atoms with Crippen molar-refractivity contribution < 1.29 is 26.2 Å². The van der Waals surface area contributed by atoms with Crippen molar-refractivity contribution >= 4 is 14.1 Å². The molecule has 0 bridgehead atoms. The molecule has 0 amide bonds. The SMILES string of the molecule is [CH3-].[CH3][Al]([CH3])[C]1=[C-]CCCC1.[CH]1[CH][CH][CH][CH]1.[CH]1[CH][CH][CH][CH]1.[Zr+2]. The molecule has 2 fully saturated rings. The molecule has 10 radical (unpaired) electrons. The average Bonchev–Trinajstić information content (AvgIpc) is 3.18. The number of hydrogen-bond donors (Lipinski definition) is 0. The van der Waals surface area contributed by atoms with Gasteiger partial charge in [0.1, 0.15) is 0 Å². The molecular formula is C19H27AlZr. The molecular weight excluding hydrogens is 346 g/mol. The minimum Gasteiger partial charge on any atom is -0.514 e. The standard InChI is InChI=1S/C6H8.2C5H5.3CH3.Al.Zr/c1-2-4-6-5-3-1;2*1-2-4-5-3-1;;;;;/h1-4H2;2*1-5H;3*1H3;;/q-1;;;;;-1;;+2. The third kappa shape index (κ3) is 14.5. The number of hydrogen-bond acceptors (Lipinski definition) is 0. The molecule has 0 aliphatic heterocycles. The van der Waals surface area contributed by atoms with E-state index in [9.17, 15) is 0 Å². The maximum Gasteiger partial charge on any atom is 2.00 e. The van der Waals surface area contributed by atoms with E-state index in [4.69, 9.17) is 0 Å². The third-order valence-electron chi connectivity index (χ3n) is 3.03. The Hall–Kier alpha value is 1.16. The first-order valence-electron chi connectivity index (χ1n) is 7.23. The molecule has 3 aliphatic rings. The Kier molecular flexibility index (Phi) is 20.4. The molecule has 110 valence electrons. The third-order valence-corrected chi connectivity index (χ3v) is 4.92. The molecule has 0 aromatic carbocycles. The molecule has 3 rings (SSSR count). The van der Waals surface area contributed by atoms with Crippen molar-refractivity contribution in [2.45, 2.75) is 37.3 Å². The van der Waals surface area contributed by atoms with E-state index in [0.717, 1.165) is 0 Å². The zero-order chi connectivity index (χ0) is 13.8. The van der Waals surface area contributed by atoms with Crippen molar-refractivity contribution in [3.63, 3.8) is 0 Å². The summed E-state index contributed by atoms with van der Waals surface area (Å²) < 4.78 is 1.70. The van der Waals surface area contributed by atoms with Crippen molar-refractivity contribution in [1.29, 1.82) is 0 Å². The largest absolute Gasteiger partial charge is 2.00 e. The summed E-state index contributed by atoms with van der Waals surface area (Å²) >= 11 is -0.446. The van der Waals surface area contributed by atoms with Crippen LogP contribution in [-0.2, 0) is 26.2 Å². The Morgan fingerprint density at radius 3 is 1.33 bits per heavy atom.